The number of phenols is 1. The third-order valence-corrected chi connectivity index (χ3v) is 5.03. The molecule has 5 nitrogen and oxygen atoms in total. The van der Waals surface area contributed by atoms with Gasteiger partial charge in [0.25, 0.3) is 0 Å². The molecule has 22 heavy (non-hydrogen) atoms. The molecule has 5 heteroatoms. The van der Waals surface area contributed by atoms with E-state index in [1.54, 1.807) is 12.1 Å². The van der Waals surface area contributed by atoms with Gasteiger partial charge >= 0.3 is 0 Å². The second-order valence-corrected chi connectivity index (χ2v) is 6.29. The Kier molecular flexibility index (Phi) is 2.38. The van der Waals surface area contributed by atoms with E-state index >= 15 is 0 Å². The number of nitrogens with one attached hydrogen (secondary N) is 2. The Hall–Kier alpha value is -2.40. The highest BCUT2D eigenvalue weighted by Gasteiger charge is 2.54. The topological polar surface area (TPSA) is 73.8 Å². The highest BCUT2D eigenvalue weighted by Crippen LogP contribution is 2.55. The molecule has 2 aromatic heterocycles. The Balaban J connectivity index is 1.55. The minimum absolute atomic E-state index is 0.231. The summed E-state index contributed by atoms with van der Waals surface area (Å²) in [5, 5.41) is 23.0. The fraction of sp³-hybridized carbons (Fsp3) is 0.294. The first kappa shape index (κ1) is 12.2. The Morgan fingerprint density at radius 2 is 1.86 bits per heavy atom. The predicted octanol–water partition coefficient (Wildman–Crippen LogP) is 2.26. The number of fused-ring (bicyclic) bond motifs is 2. The SMILES string of the molecule is Oc1ccccc1-c1cc2cc([C@H]3[C@@H]4CNC[C@@H]43)[nH]c2nn1. The van der Waals surface area contributed by atoms with Crippen LogP contribution in [-0.2, 0) is 0 Å². The summed E-state index contributed by atoms with van der Waals surface area (Å²) in [5.41, 5.74) is 3.52. The number of rotatable bonds is 2. The van der Waals surface area contributed by atoms with Crippen LogP contribution in [0.4, 0.5) is 0 Å². The molecule has 3 N–H and O–H groups in total. The van der Waals surface area contributed by atoms with Gasteiger partial charge in [-0.25, -0.2) is 0 Å². The number of aromatic nitrogens is 3. The number of phenolic OH excluding ortho intramolecular Hbond substituents is 1. The summed E-state index contributed by atoms with van der Waals surface area (Å²) >= 11 is 0. The fourth-order valence-electron chi connectivity index (χ4n) is 3.83. The summed E-state index contributed by atoms with van der Waals surface area (Å²) < 4.78 is 0. The quantitative estimate of drug-likeness (QED) is 0.677. The normalized spacial score (nSPS) is 26.3. The van der Waals surface area contributed by atoms with Crippen LogP contribution >= 0.6 is 0 Å². The summed E-state index contributed by atoms with van der Waals surface area (Å²) in [6, 6.07) is 11.4. The molecule has 1 aliphatic carbocycles. The van der Waals surface area contributed by atoms with Crippen molar-refractivity contribution in [3.63, 3.8) is 0 Å². The smallest absolute Gasteiger partial charge is 0.160 e. The maximum Gasteiger partial charge on any atom is 0.160 e. The van der Waals surface area contributed by atoms with Crippen molar-refractivity contribution < 1.29 is 5.11 Å². The largest absolute Gasteiger partial charge is 0.507 e. The number of nitrogens with zero attached hydrogens (tertiary/aromatic N) is 2. The number of aromatic hydroxyl groups is 1. The van der Waals surface area contributed by atoms with Crippen molar-refractivity contribution >= 4 is 11.0 Å². The van der Waals surface area contributed by atoms with E-state index in [4.69, 9.17) is 0 Å². The van der Waals surface area contributed by atoms with Gasteiger partial charge in [0.15, 0.2) is 5.65 Å². The number of aromatic amines is 1. The van der Waals surface area contributed by atoms with E-state index in [-0.39, 0.29) is 5.75 Å². The van der Waals surface area contributed by atoms with Gasteiger partial charge in [-0.1, -0.05) is 12.1 Å². The van der Waals surface area contributed by atoms with Gasteiger partial charge in [-0.05, 0) is 49.2 Å². The zero-order valence-corrected chi connectivity index (χ0v) is 12.0. The summed E-state index contributed by atoms with van der Waals surface area (Å²) in [7, 11) is 0. The van der Waals surface area contributed by atoms with Gasteiger partial charge in [-0.15, -0.1) is 10.2 Å². The summed E-state index contributed by atoms with van der Waals surface area (Å²) in [6.45, 7) is 2.25. The van der Waals surface area contributed by atoms with E-state index in [2.05, 4.69) is 26.6 Å². The molecule has 0 bridgehead atoms. The monoisotopic (exact) mass is 292 g/mol. The molecule has 3 aromatic rings. The van der Waals surface area contributed by atoms with Gasteiger partial charge in [0.05, 0.1) is 5.69 Å². The van der Waals surface area contributed by atoms with Crippen LogP contribution in [0.1, 0.15) is 11.6 Å². The predicted molar refractivity (Wildman–Crippen MR) is 83.6 cm³/mol. The van der Waals surface area contributed by atoms with Gasteiger partial charge in [0.2, 0.25) is 0 Å². The molecule has 110 valence electrons. The molecule has 0 unspecified atom stereocenters. The van der Waals surface area contributed by atoms with Crippen LogP contribution in [-0.4, -0.2) is 33.4 Å². The lowest BCUT2D eigenvalue weighted by atomic mass is 10.1. The van der Waals surface area contributed by atoms with Crippen LogP contribution in [0.2, 0.25) is 0 Å². The summed E-state index contributed by atoms with van der Waals surface area (Å²) in [6.07, 6.45) is 0. The van der Waals surface area contributed by atoms with E-state index < -0.39 is 0 Å². The molecule has 3 heterocycles. The van der Waals surface area contributed by atoms with Crippen LogP contribution in [0, 0.1) is 11.8 Å². The Morgan fingerprint density at radius 1 is 1.05 bits per heavy atom. The molecule has 1 aliphatic heterocycles. The second-order valence-electron chi connectivity index (χ2n) is 6.29. The van der Waals surface area contributed by atoms with Crippen molar-refractivity contribution in [1.29, 1.82) is 0 Å². The zero-order chi connectivity index (χ0) is 14.7. The summed E-state index contributed by atoms with van der Waals surface area (Å²) in [5.74, 6) is 2.43. The standard InChI is InChI=1S/C17H16N4O/c22-15-4-2-1-3-10(15)13-5-9-6-14(19-17(9)21-20-13)16-11-7-18-8-12(11)16/h1-6,11-12,16,18,22H,7-8H2,(H,19,21)/t11-,12+,16+. The molecule has 1 saturated heterocycles. The first-order chi connectivity index (χ1) is 10.8. The van der Waals surface area contributed by atoms with Crippen molar-refractivity contribution in [2.24, 2.45) is 11.8 Å². The van der Waals surface area contributed by atoms with Crippen LogP contribution in [0.3, 0.4) is 0 Å². The first-order valence-corrected chi connectivity index (χ1v) is 7.67. The van der Waals surface area contributed by atoms with E-state index in [1.807, 2.05) is 18.2 Å². The number of hydrogen-bond acceptors (Lipinski definition) is 4. The molecule has 1 aromatic carbocycles. The number of para-hydroxylation sites is 1. The number of hydrogen-bond donors (Lipinski definition) is 3. The van der Waals surface area contributed by atoms with Crippen molar-refractivity contribution in [1.82, 2.24) is 20.5 Å². The van der Waals surface area contributed by atoms with E-state index in [1.165, 1.54) is 5.69 Å². The fourth-order valence-corrected chi connectivity index (χ4v) is 3.83. The molecule has 1 saturated carbocycles. The molecular weight excluding hydrogens is 276 g/mol. The average molecular weight is 292 g/mol. The maximum absolute atomic E-state index is 9.97. The van der Waals surface area contributed by atoms with Crippen LogP contribution < -0.4 is 5.32 Å². The summed E-state index contributed by atoms with van der Waals surface area (Å²) in [4.78, 5) is 3.42. The van der Waals surface area contributed by atoms with Gasteiger partial charge < -0.3 is 15.4 Å². The minimum Gasteiger partial charge on any atom is -0.507 e. The number of H-pyrrole nitrogens is 1. The third kappa shape index (κ3) is 1.69. The van der Waals surface area contributed by atoms with Crippen molar-refractivity contribution in [3.05, 3.63) is 42.1 Å². The van der Waals surface area contributed by atoms with E-state index in [0.29, 0.717) is 17.2 Å². The lowest BCUT2D eigenvalue weighted by Crippen LogP contribution is -2.14. The molecule has 0 spiro atoms. The lowest BCUT2D eigenvalue weighted by molar-refractivity contribution is 0.477. The van der Waals surface area contributed by atoms with Crippen LogP contribution in [0.25, 0.3) is 22.3 Å². The van der Waals surface area contributed by atoms with Gasteiger partial charge in [-0.3, -0.25) is 0 Å². The molecular formula is C17H16N4O. The Bertz CT molecular complexity index is 862. The van der Waals surface area contributed by atoms with Gasteiger partial charge in [0, 0.05) is 22.6 Å². The average Bonchev–Trinajstić information content (AvgIpc) is 2.91. The lowest BCUT2D eigenvalue weighted by Gasteiger charge is -2.02. The van der Waals surface area contributed by atoms with Crippen LogP contribution in [0.5, 0.6) is 5.75 Å². The third-order valence-electron chi connectivity index (χ3n) is 5.03. The first-order valence-electron chi connectivity index (χ1n) is 7.67. The Morgan fingerprint density at radius 3 is 2.68 bits per heavy atom. The van der Waals surface area contributed by atoms with Gasteiger partial charge in [0.1, 0.15) is 5.75 Å². The Labute approximate surface area is 127 Å². The minimum atomic E-state index is 0.231. The van der Waals surface area contributed by atoms with E-state index in [0.717, 1.165) is 36.0 Å². The molecule has 2 aliphatic rings. The van der Waals surface area contributed by atoms with Crippen molar-refractivity contribution in [2.75, 3.05) is 13.1 Å². The van der Waals surface area contributed by atoms with Crippen molar-refractivity contribution in [2.45, 2.75) is 5.92 Å². The second kappa shape index (κ2) is 4.30. The number of benzene rings is 1. The molecule has 3 atom stereocenters. The van der Waals surface area contributed by atoms with Gasteiger partial charge in [-0.2, -0.15) is 0 Å². The molecule has 2 fully saturated rings. The molecule has 0 amide bonds. The highest BCUT2D eigenvalue weighted by atomic mass is 16.3. The molecule has 5 rings (SSSR count). The molecule has 0 radical (unpaired) electrons. The highest BCUT2D eigenvalue weighted by molar-refractivity contribution is 5.81. The van der Waals surface area contributed by atoms with E-state index in [9.17, 15) is 5.11 Å². The zero-order valence-electron chi connectivity index (χ0n) is 12.0. The van der Waals surface area contributed by atoms with Crippen LogP contribution in [0.15, 0.2) is 36.4 Å². The number of piperidine rings is 1. The maximum atomic E-state index is 9.97. The van der Waals surface area contributed by atoms with Crippen molar-refractivity contribution in [3.8, 4) is 17.0 Å².